The van der Waals surface area contributed by atoms with Gasteiger partial charge in [-0.3, -0.25) is 0 Å². The summed E-state index contributed by atoms with van der Waals surface area (Å²) in [4.78, 5) is 0. The topological polar surface area (TPSA) is 70.5 Å². The van der Waals surface area contributed by atoms with Crippen LogP contribution in [0.25, 0.3) is 11.3 Å². The zero-order valence-electron chi connectivity index (χ0n) is 12.0. The SMILES string of the molecule is CC(C)c1c2c(cc(Cl)c1-c1cc(N)no1)OCCCO2. The number of anilines is 1. The smallest absolute Gasteiger partial charge is 0.170 e. The third-order valence-electron chi connectivity index (χ3n) is 3.38. The minimum Gasteiger partial charge on any atom is -0.489 e. The summed E-state index contributed by atoms with van der Waals surface area (Å²) < 4.78 is 16.9. The molecular formula is C15H17ClN2O3. The van der Waals surface area contributed by atoms with E-state index in [2.05, 4.69) is 19.0 Å². The minimum absolute atomic E-state index is 0.181. The maximum absolute atomic E-state index is 6.44. The fourth-order valence-electron chi connectivity index (χ4n) is 2.51. The lowest BCUT2D eigenvalue weighted by Gasteiger charge is -2.19. The highest BCUT2D eigenvalue weighted by atomic mass is 35.5. The summed E-state index contributed by atoms with van der Waals surface area (Å²) >= 11 is 6.44. The lowest BCUT2D eigenvalue weighted by molar-refractivity contribution is 0.296. The molecule has 0 fully saturated rings. The minimum atomic E-state index is 0.181. The number of nitrogens with zero attached hydrogens (tertiary/aromatic N) is 1. The molecule has 0 saturated carbocycles. The molecule has 112 valence electrons. The van der Waals surface area contributed by atoms with Crippen LogP contribution in [0.1, 0.15) is 31.7 Å². The average Bonchev–Trinajstić information content (AvgIpc) is 2.71. The van der Waals surface area contributed by atoms with E-state index in [1.165, 1.54) is 0 Å². The maximum Gasteiger partial charge on any atom is 0.170 e. The van der Waals surface area contributed by atoms with Crippen LogP contribution in [0.2, 0.25) is 5.02 Å². The summed E-state index contributed by atoms with van der Waals surface area (Å²) in [6.07, 6.45) is 0.842. The molecule has 6 heteroatoms. The predicted octanol–water partition coefficient (Wildman–Crippen LogP) is 3.86. The van der Waals surface area contributed by atoms with Crippen LogP contribution in [0.15, 0.2) is 16.7 Å². The van der Waals surface area contributed by atoms with Crippen LogP contribution in [0.5, 0.6) is 11.5 Å². The van der Waals surface area contributed by atoms with Gasteiger partial charge in [-0.05, 0) is 5.92 Å². The molecule has 1 aliphatic rings. The number of halogens is 1. The van der Waals surface area contributed by atoms with Gasteiger partial charge >= 0.3 is 0 Å². The quantitative estimate of drug-likeness (QED) is 0.912. The van der Waals surface area contributed by atoms with Gasteiger partial charge in [-0.1, -0.05) is 30.6 Å². The number of benzene rings is 1. The molecule has 21 heavy (non-hydrogen) atoms. The number of nitrogen functional groups attached to an aromatic ring is 1. The van der Waals surface area contributed by atoms with Crippen molar-refractivity contribution in [3.63, 3.8) is 0 Å². The molecule has 0 radical (unpaired) electrons. The first-order valence-corrected chi connectivity index (χ1v) is 7.30. The van der Waals surface area contributed by atoms with E-state index in [9.17, 15) is 0 Å². The van der Waals surface area contributed by atoms with Crippen molar-refractivity contribution in [2.75, 3.05) is 18.9 Å². The Labute approximate surface area is 128 Å². The number of aromatic nitrogens is 1. The highest BCUT2D eigenvalue weighted by Crippen LogP contribution is 2.47. The first kappa shape index (κ1) is 14.1. The van der Waals surface area contributed by atoms with Crippen LogP contribution in [-0.2, 0) is 0 Å². The summed E-state index contributed by atoms with van der Waals surface area (Å²) in [7, 11) is 0. The number of nitrogens with two attached hydrogens (primary N) is 1. The number of fused-ring (bicyclic) bond motifs is 1. The van der Waals surface area contributed by atoms with E-state index in [0.717, 1.165) is 23.3 Å². The fourth-order valence-corrected chi connectivity index (χ4v) is 2.80. The van der Waals surface area contributed by atoms with Crippen LogP contribution in [-0.4, -0.2) is 18.4 Å². The van der Waals surface area contributed by atoms with Crippen molar-refractivity contribution in [2.24, 2.45) is 0 Å². The van der Waals surface area contributed by atoms with Crippen molar-refractivity contribution in [1.29, 1.82) is 0 Å². The average molecular weight is 309 g/mol. The molecule has 2 heterocycles. The van der Waals surface area contributed by atoms with Crippen LogP contribution in [0.3, 0.4) is 0 Å². The second-order valence-corrected chi connectivity index (χ2v) is 5.70. The van der Waals surface area contributed by atoms with Gasteiger partial charge in [0, 0.05) is 29.7 Å². The monoisotopic (exact) mass is 308 g/mol. The molecule has 0 unspecified atom stereocenters. The van der Waals surface area contributed by atoms with Crippen molar-refractivity contribution in [2.45, 2.75) is 26.2 Å². The lowest BCUT2D eigenvalue weighted by atomic mass is 9.94. The molecule has 0 atom stereocenters. The first-order chi connectivity index (χ1) is 10.1. The molecule has 2 N–H and O–H groups in total. The highest BCUT2D eigenvalue weighted by molar-refractivity contribution is 6.33. The van der Waals surface area contributed by atoms with E-state index in [1.54, 1.807) is 12.1 Å². The highest BCUT2D eigenvalue weighted by Gasteiger charge is 2.26. The predicted molar refractivity (Wildman–Crippen MR) is 81.1 cm³/mol. The third kappa shape index (κ3) is 2.53. The third-order valence-corrected chi connectivity index (χ3v) is 3.68. The van der Waals surface area contributed by atoms with Gasteiger partial charge in [-0.25, -0.2) is 0 Å². The molecule has 1 aliphatic heterocycles. The molecule has 0 bridgehead atoms. The number of ether oxygens (including phenoxy) is 2. The fraction of sp³-hybridized carbons (Fsp3) is 0.400. The van der Waals surface area contributed by atoms with E-state index >= 15 is 0 Å². The van der Waals surface area contributed by atoms with Crippen LogP contribution >= 0.6 is 11.6 Å². The van der Waals surface area contributed by atoms with Gasteiger partial charge in [-0.2, -0.15) is 0 Å². The van der Waals surface area contributed by atoms with Gasteiger partial charge in [-0.15, -0.1) is 0 Å². The molecule has 5 nitrogen and oxygen atoms in total. The molecule has 0 amide bonds. The molecule has 3 rings (SSSR count). The molecule has 0 aliphatic carbocycles. The van der Waals surface area contributed by atoms with Gasteiger partial charge in [0.2, 0.25) is 0 Å². The van der Waals surface area contributed by atoms with E-state index in [1.807, 2.05) is 0 Å². The summed E-state index contributed by atoms with van der Waals surface area (Å²) in [5.74, 6) is 2.45. The van der Waals surface area contributed by atoms with Crippen LogP contribution < -0.4 is 15.2 Å². The van der Waals surface area contributed by atoms with Crippen molar-refractivity contribution >= 4 is 17.4 Å². The molecule has 0 spiro atoms. The number of hydrogen-bond acceptors (Lipinski definition) is 5. The summed E-state index contributed by atoms with van der Waals surface area (Å²) in [6.45, 7) is 5.38. The molecule has 1 aromatic heterocycles. The van der Waals surface area contributed by atoms with E-state index in [4.69, 9.17) is 31.3 Å². The number of hydrogen-bond donors (Lipinski definition) is 1. The first-order valence-electron chi connectivity index (χ1n) is 6.92. The Morgan fingerprint density at radius 3 is 2.67 bits per heavy atom. The standard InChI is InChI=1S/C15H17ClN2O3/c1-8(2)13-14(10-7-12(17)18-21-10)9(16)6-11-15(13)20-5-3-4-19-11/h6-8H,3-5H2,1-2H3,(H2,17,18). The molecule has 0 saturated heterocycles. The second-order valence-electron chi connectivity index (χ2n) is 5.30. The number of rotatable bonds is 2. The summed E-state index contributed by atoms with van der Waals surface area (Å²) in [6, 6.07) is 3.43. The Kier molecular flexibility index (Phi) is 3.68. The molecular weight excluding hydrogens is 292 g/mol. The van der Waals surface area contributed by atoms with E-state index in [-0.39, 0.29) is 5.92 Å². The van der Waals surface area contributed by atoms with E-state index in [0.29, 0.717) is 35.6 Å². The van der Waals surface area contributed by atoms with Gasteiger partial charge in [0.25, 0.3) is 0 Å². The normalized spacial score (nSPS) is 14.3. The van der Waals surface area contributed by atoms with Crippen molar-refractivity contribution in [3.05, 3.63) is 22.7 Å². The zero-order valence-corrected chi connectivity index (χ0v) is 12.7. The zero-order chi connectivity index (χ0) is 15.0. The Morgan fingerprint density at radius 2 is 2.00 bits per heavy atom. The van der Waals surface area contributed by atoms with E-state index < -0.39 is 0 Å². The van der Waals surface area contributed by atoms with Crippen LogP contribution in [0, 0.1) is 0 Å². The Hall–Kier alpha value is -1.88. The van der Waals surface area contributed by atoms with Gasteiger partial charge in [0.1, 0.15) is 0 Å². The van der Waals surface area contributed by atoms with Crippen molar-refractivity contribution in [3.8, 4) is 22.8 Å². The Bertz CT molecular complexity index is 667. The Morgan fingerprint density at radius 1 is 1.24 bits per heavy atom. The molecule has 2 aromatic rings. The van der Waals surface area contributed by atoms with Crippen LogP contribution in [0.4, 0.5) is 5.82 Å². The lowest BCUT2D eigenvalue weighted by Crippen LogP contribution is -2.02. The van der Waals surface area contributed by atoms with Gasteiger partial charge < -0.3 is 19.7 Å². The van der Waals surface area contributed by atoms with Crippen molar-refractivity contribution in [1.82, 2.24) is 5.16 Å². The summed E-state index contributed by atoms with van der Waals surface area (Å²) in [5, 5.41) is 4.28. The van der Waals surface area contributed by atoms with Gasteiger partial charge in [0.15, 0.2) is 23.1 Å². The second kappa shape index (κ2) is 5.48. The molecule has 1 aromatic carbocycles. The van der Waals surface area contributed by atoms with Crippen molar-refractivity contribution < 1.29 is 14.0 Å². The maximum atomic E-state index is 6.44. The summed E-state index contributed by atoms with van der Waals surface area (Å²) in [5.41, 5.74) is 7.37. The van der Waals surface area contributed by atoms with Gasteiger partial charge in [0.05, 0.1) is 18.2 Å². The largest absolute Gasteiger partial charge is 0.489 e. The Balaban J connectivity index is 2.26.